The number of ether oxygens (including phenoxy) is 3. The minimum absolute atomic E-state index is 0.0662. The number of carbonyl (C=O) groups is 2. The number of nitrogens with two attached hydrogens (primary N) is 1. The summed E-state index contributed by atoms with van der Waals surface area (Å²) in [4.78, 5) is 28.8. The van der Waals surface area contributed by atoms with E-state index in [2.05, 4.69) is 4.98 Å². The number of cyclic esters (lactones) is 1. The highest BCUT2D eigenvalue weighted by atomic mass is 19.1. The Balaban J connectivity index is 1.77. The van der Waals surface area contributed by atoms with Crippen LogP contribution in [0, 0.1) is 11.7 Å². The van der Waals surface area contributed by atoms with Crippen LogP contribution in [0.25, 0.3) is 11.1 Å². The van der Waals surface area contributed by atoms with Crippen molar-refractivity contribution in [2.24, 2.45) is 11.7 Å². The van der Waals surface area contributed by atoms with E-state index in [1.165, 1.54) is 24.3 Å². The van der Waals surface area contributed by atoms with Gasteiger partial charge in [0.25, 0.3) is 0 Å². The molecule has 2 atom stereocenters. The largest absolute Gasteiger partial charge is 0.451 e. The number of rotatable bonds is 7. The number of anilines is 1. The molecule has 8 nitrogen and oxygen atoms in total. The molecule has 1 aliphatic rings. The van der Waals surface area contributed by atoms with Crippen molar-refractivity contribution in [1.82, 2.24) is 4.98 Å². The van der Waals surface area contributed by atoms with Crippen molar-refractivity contribution >= 4 is 17.7 Å². The highest BCUT2D eigenvalue weighted by Crippen LogP contribution is 2.30. The van der Waals surface area contributed by atoms with E-state index >= 15 is 0 Å². The lowest BCUT2D eigenvalue weighted by atomic mass is 10.0. The molecular weight excluding hydrogens is 369 g/mol. The van der Waals surface area contributed by atoms with E-state index < -0.39 is 29.8 Å². The van der Waals surface area contributed by atoms with Crippen LogP contribution in [0.2, 0.25) is 0 Å². The molecular formula is C19H20FN3O5. The van der Waals surface area contributed by atoms with E-state index in [0.29, 0.717) is 22.7 Å². The van der Waals surface area contributed by atoms with Crippen LogP contribution < -0.4 is 15.4 Å². The van der Waals surface area contributed by atoms with Gasteiger partial charge in [0.15, 0.2) is 6.79 Å². The van der Waals surface area contributed by atoms with Crippen molar-refractivity contribution in [3.63, 3.8) is 0 Å². The lowest BCUT2D eigenvalue weighted by Crippen LogP contribution is -2.34. The third-order valence-corrected chi connectivity index (χ3v) is 4.48. The molecule has 1 fully saturated rings. The van der Waals surface area contributed by atoms with Gasteiger partial charge in [-0.1, -0.05) is 0 Å². The van der Waals surface area contributed by atoms with E-state index in [-0.39, 0.29) is 13.3 Å². The average molecular weight is 389 g/mol. The summed E-state index contributed by atoms with van der Waals surface area (Å²) >= 11 is 0. The normalized spacial score (nSPS) is 17.3. The Morgan fingerprint density at radius 2 is 2.21 bits per heavy atom. The minimum atomic E-state index is -0.670. The average Bonchev–Trinajstić information content (AvgIpc) is 3.07. The molecule has 2 heterocycles. The fraction of sp³-hybridized carbons (Fsp3) is 0.316. The van der Waals surface area contributed by atoms with E-state index in [4.69, 9.17) is 19.9 Å². The van der Waals surface area contributed by atoms with Crippen LogP contribution in [0.5, 0.6) is 5.88 Å². The summed E-state index contributed by atoms with van der Waals surface area (Å²) in [5.41, 5.74) is 6.47. The van der Waals surface area contributed by atoms with E-state index in [1.54, 1.807) is 31.2 Å². The molecule has 3 rings (SSSR count). The smallest absolute Gasteiger partial charge is 0.414 e. The summed E-state index contributed by atoms with van der Waals surface area (Å²) < 4.78 is 29.9. The van der Waals surface area contributed by atoms with Gasteiger partial charge in [0.05, 0.1) is 18.2 Å². The number of hydrogen-bond donors (Lipinski definition) is 1. The molecule has 1 aliphatic heterocycles. The van der Waals surface area contributed by atoms with Gasteiger partial charge in [0, 0.05) is 30.5 Å². The van der Waals surface area contributed by atoms with E-state index in [9.17, 15) is 14.0 Å². The van der Waals surface area contributed by atoms with Crippen LogP contribution in [0.3, 0.4) is 0 Å². The van der Waals surface area contributed by atoms with Crippen molar-refractivity contribution in [2.45, 2.75) is 13.0 Å². The lowest BCUT2D eigenvalue weighted by Gasteiger charge is -2.15. The second-order valence-corrected chi connectivity index (χ2v) is 6.32. The molecule has 2 aromatic rings. The van der Waals surface area contributed by atoms with Crippen molar-refractivity contribution in [1.29, 1.82) is 0 Å². The summed E-state index contributed by atoms with van der Waals surface area (Å²) in [6, 6.07) is 7.67. The number of pyridine rings is 1. The number of carbonyl (C=O) groups excluding carboxylic acids is 2. The molecule has 28 heavy (non-hydrogen) atoms. The second-order valence-electron chi connectivity index (χ2n) is 6.32. The maximum atomic E-state index is 14.7. The Labute approximate surface area is 161 Å². The Morgan fingerprint density at radius 3 is 2.82 bits per heavy atom. The molecule has 9 heteroatoms. The number of nitrogens with zero attached hydrogens (tertiary/aromatic N) is 2. The zero-order chi connectivity index (χ0) is 20.3. The summed E-state index contributed by atoms with van der Waals surface area (Å²) in [7, 11) is 1.50. The molecule has 0 bridgehead atoms. The van der Waals surface area contributed by atoms with Crippen molar-refractivity contribution < 1.29 is 28.2 Å². The summed E-state index contributed by atoms with van der Waals surface area (Å²) in [5, 5.41) is 0. The Bertz CT molecular complexity index is 874. The summed E-state index contributed by atoms with van der Waals surface area (Å²) in [6.07, 6.45) is 0.167. The molecule has 0 aliphatic carbocycles. The third-order valence-electron chi connectivity index (χ3n) is 4.48. The number of halogens is 1. The van der Waals surface area contributed by atoms with Crippen molar-refractivity contribution in [2.75, 3.05) is 25.3 Å². The molecule has 148 valence electrons. The predicted octanol–water partition coefficient (Wildman–Crippen LogP) is 2.32. The van der Waals surface area contributed by atoms with E-state index in [1.807, 2.05) is 0 Å². The number of amides is 2. The van der Waals surface area contributed by atoms with Gasteiger partial charge in [-0.05, 0) is 31.2 Å². The SMILES string of the molecule is COCOc1ccc(-c2ccc(N3CC(C(C)C(N)=O)OC3=O)cc2F)cn1. The first-order valence-electron chi connectivity index (χ1n) is 8.56. The number of benzene rings is 1. The number of methoxy groups -OCH3 is 1. The number of aromatic nitrogens is 1. The molecule has 2 unspecified atom stereocenters. The maximum absolute atomic E-state index is 14.7. The van der Waals surface area contributed by atoms with Gasteiger partial charge in [-0.3, -0.25) is 9.69 Å². The van der Waals surface area contributed by atoms with Crippen LogP contribution in [0.15, 0.2) is 36.5 Å². The van der Waals surface area contributed by atoms with Crippen molar-refractivity contribution in [3.05, 3.63) is 42.3 Å². The maximum Gasteiger partial charge on any atom is 0.414 e. The van der Waals surface area contributed by atoms with Crippen LogP contribution in [0.4, 0.5) is 14.9 Å². The summed E-state index contributed by atoms with van der Waals surface area (Å²) in [5.74, 6) is -1.37. The second kappa shape index (κ2) is 8.22. The minimum Gasteiger partial charge on any atom is -0.451 e. The molecule has 0 saturated carbocycles. The fourth-order valence-electron chi connectivity index (χ4n) is 2.79. The monoisotopic (exact) mass is 389 g/mol. The Kier molecular flexibility index (Phi) is 5.74. The molecule has 0 spiro atoms. The lowest BCUT2D eigenvalue weighted by molar-refractivity contribution is -0.123. The first kappa shape index (κ1) is 19.6. The fourth-order valence-corrected chi connectivity index (χ4v) is 2.79. The van der Waals surface area contributed by atoms with Crippen LogP contribution in [-0.4, -0.2) is 43.5 Å². The number of primary amides is 1. The third kappa shape index (κ3) is 4.04. The highest BCUT2D eigenvalue weighted by molar-refractivity contribution is 5.91. The van der Waals surface area contributed by atoms with Crippen LogP contribution in [-0.2, 0) is 14.3 Å². The van der Waals surface area contributed by atoms with Gasteiger partial charge in [0.2, 0.25) is 11.8 Å². The summed E-state index contributed by atoms with van der Waals surface area (Å²) in [6.45, 7) is 1.77. The van der Waals surface area contributed by atoms with Gasteiger partial charge >= 0.3 is 6.09 Å². The molecule has 1 aromatic heterocycles. The molecule has 1 aromatic carbocycles. The zero-order valence-corrected chi connectivity index (χ0v) is 15.4. The number of hydrogen-bond acceptors (Lipinski definition) is 6. The Morgan fingerprint density at radius 1 is 1.43 bits per heavy atom. The molecule has 0 radical (unpaired) electrons. The molecule has 2 N–H and O–H groups in total. The van der Waals surface area contributed by atoms with Gasteiger partial charge in [-0.25, -0.2) is 14.2 Å². The van der Waals surface area contributed by atoms with E-state index in [0.717, 1.165) is 0 Å². The quantitative estimate of drug-likeness (QED) is 0.729. The zero-order valence-electron chi connectivity index (χ0n) is 15.4. The van der Waals surface area contributed by atoms with Gasteiger partial charge in [-0.15, -0.1) is 0 Å². The van der Waals surface area contributed by atoms with Gasteiger partial charge in [0.1, 0.15) is 11.9 Å². The van der Waals surface area contributed by atoms with Gasteiger partial charge < -0.3 is 19.9 Å². The molecule has 1 saturated heterocycles. The van der Waals surface area contributed by atoms with Crippen LogP contribution >= 0.6 is 0 Å². The topological polar surface area (TPSA) is 104 Å². The first-order chi connectivity index (χ1) is 13.4. The first-order valence-corrected chi connectivity index (χ1v) is 8.56. The Hall–Kier alpha value is -3.20. The molecule has 2 amide bonds. The standard InChI is InChI=1S/C19H20FN3O5/c1-11(18(21)24)16-9-23(19(25)28-16)13-4-5-14(15(20)7-13)12-3-6-17(22-8-12)27-10-26-2/h3-8,11,16H,9-10H2,1-2H3,(H2,21,24). The van der Waals surface area contributed by atoms with Crippen molar-refractivity contribution in [3.8, 4) is 17.0 Å². The van der Waals surface area contributed by atoms with Crippen LogP contribution in [0.1, 0.15) is 6.92 Å². The van der Waals surface area contributed by atoms with Gasteiger partial charge in [-0.2, -0.15) is 0 Å². The predicted molar refractivity (Wildman–Crippen MR) is 98.1 cm³/mol. The highest BCUT2D eigenvalue weighted by Gasteiger charge is 2.37.